The Morgan fingerprint density at radius 3 is 2.76 bits per heavy atom. The molecule has 9 nitrogen and oxygen atoms in total. The topological polar surface area (TPSA) is 131 Å². The first-order chi connectivity index (χ1) is 11.7. The number of carbonyl (C=O) groups excluding carboxylic acids is 3. The van der Waals surface area contributed by atoms with Gasteiger partial charge in [-0.2, -0.15) is 8.42 Å². The smallest absolute Gasteiger partial charge is 0.330 e. The summed E-state index contributed by atoms with van der Waals surface area (Å²) in [5, 5.41) is -1.29. The van der Waals surface area contributed by atoms with Crippen molar-refractivity contribution in [2.24, 2.45) is 0 Å². The Kier molecular flexibility index (Phi) is 6.43. The van der Waals surface area contributed by atoms with E-state index < -0.39 is 39.6 Å². The SMILES string of the molecule is CC(CC(=O)ON1C(=O)CC(S(=O)(=O)O)C1=O)SSc1ccccn1. The largest absolute Gasteiger partial charge is 0.334 e. The molecule has 2 heterocycles. The van der Waals surface area contributed by atoms with Crippen LogP contribution in [-0.2, 0) is 29.3 Å². The minimum atomic E-state index is -4.73. The summed E-state index contributed by atoms with van der Waals surface area (Å²) < 4.78 is 30.9. The number of hydrogen-bond donors (Lipinski definition) is 1. The standard InChI is InChI=1S/C13H14N2O7S3/c1-8(23-24-10-4-2-3-5-14-10)6-12(17)22-15-11(16)7-9(13(15)18)25(19,20)21/h2-5,8-9H,6-7H2,1H3,(H,19,20,21). The minimum Gasteiger partial charge on any atom is -0.330 e. The number of hydroxylamine groups is 2. The number of rotatable bonds is 7. The van der Waals surface area contributed by atoms with Gasteiger partial charge in [-0.15, -0.1) is 5.06 Å². The van der Waals surface area contributed by atoms with Gasteiger partial charge in [-0.1, -0.05) is 23.8 Å². The molecule has 2 rings (SSSR count). The second-order valence-corrected chi connectivity index (χ2v) is 9.32. The van der Waals surface area contributed by atoms with Crippen molar-refractivity contribution in [1.82, 2.24) is 10.0 Å². The van der Waals surface area contributed by atoms with Crippen LogP contribution in [0.5, 0.6) is 0 Å². The summed E-state index contributed by atoms with van der Waals surface area (Å²) in [4.78, 5) is 44.0. The van der Waals surface area contributed by atoms with Gasteiger partial charge < -0.3 is 4.84 Å². The number of aromatic nitrogens is 1. The fourth-order valence-electron chi connectivity index (χ4n) is 1.85. The summed E-state index contributed by atoms with van der Waals surface area (Å²) >= 11 is 0. The Labute approximate surface area is 151 Å². The summed E-state index contributed by atoms with van der Waals surface area (Å²) in [5.74, 6) is -3.13. The molecule has 0 aliphatic carbocycles. The molecular formula is C13H14N2O7S3. The van der Waals surface area contributed by atoms with Crippen LogP contribution < -0.4 is 0 Å². The fourth-order valence-corrected chi connectivity index (χ4v) is 4.54. The number of imide groups is 1. The maximum Gasteiger partial charge on any atom is 0.334 e. The molecule has 0 aromatic carbocycles. The molecule has 1 aliphatic rings. The third kappa shape index (κ3) is 5.42. The molecule has 1 aromatic rings. The molecule has 0 saturated carbocycles. The Morgan fingerprint density at radius 1 is 1.48 bits per heavy atom. The van der Waals surface area contributed by atoms with Gasteiger partial charge in [0.05, 0.1) is 12.8 Å². The van der Waals surface area contributed by atoms with Crippen LogP contribution in [0.2, 0.25) is 0 Å². The van der Waals surface area contributed by atoms with Gasteiger partial charge in [0.25, 0.3) is 21.9 Å². The molecule has 1 aromatic heterocycles. The number of carbonyl (C=O) groups is 3. The third-order valence-electron chi connectivity index (χ3n) is 3.00. The highest BCUT2D eigenvalue weighted by Gasteiger charge is 2.48. The lowest BCUT2D eigenvalue weighted by atomic mass is 10.3. The molecule has 0 bridgehead atoms. The van der Waals surface area contributed by atoms with Gasteiger partial charge in [-0.05, 0) is 22.9 Å². The molecule has 1 saturated heterocycles. The molecule has 1 fully saturated rings. The average Bonchev–Trinajstić information content (AvgIpc) is 2.82. The third-order valence-corrected chi connectivity index (χ3v) is 6.88. The van der Waals surface area contributed by atoms with E-state index in [1.807, 2.05) is 6.07 Å². The lowest BCUT2D eigenvalue weighted by Crippen LogP contribution is -2.37. The molecule has 2 unspecified atom stereocenters. The Hall–Kier alpha value is -1.63. The van der Waals surface area contributed by atoms with Crippen LogP contribution in [0.1, 0.15) is 19.8 Å². The van der Waals surface area contributed by atoms with Crippen molar-refractivity contribution < 1.29 is 32.2 Å². The Balaban J connectivity index is 1.85. The number of nitrogens with zero attached hydrogens (tertiary/aromatic N) is 2. The van der Waals surface area contributed by atoms with E-state index >= 15 is 0 Å². The van der Waals surface area contributed by atoms with Crippen LogP contribution in [0, 0.1) is 0 Å². The van der Waals surface area contributed by atoms with E-state index in [-0.39, 0.29) is 16.7 Å². The predicted molar refractivity (Wildman–Crippen MR) is 89.7 cm³/mol. The summed E-state index contributed by atoms with van der Waals surface area (Å²) in [6.45, 7) is 1.75. The molecule has 1 aliphatic heterocycles. The van der Waals surface area contributed by atoms with Gasteiger partial charge in [-0.3, -0.25) is 14.1 Å². The molecule has 0 radical (unpaired) electrons. The lowest BCUT2D eigenvalue weighted by Gasteiger charge is -2.15. The van der Waals surface area contributed by atoms with Crippen LogP contribution in [-0.4, -0.2) is 51.3 Å². The van der Waals surface area contributed by atoms with Crippen molar-refractivity contribution in [1.29, 1.82) is 0 Å². The second kappa shape index (κ2) is 8.17. The van der Waals surface area contributed by atoms with Gasteiger partial charge in [0.1, 0.15) is 5.03 Å². The van der Waals surface area contributed by atoms with Gasteiger partial charge in [0.15, 0.2) is 5.25 Å². The van der Waals surface area contributed by atoms with Gasteiger partial charge >= 0.3 is 5.97 Å². The highest BCUT2D eigenvalue weighted by molar-refractivity contribution is 8.76. The minimum absolute atomic E-state index is 0.101. The maximum absolute atomic E-state index is 11.8. The van der Waals surface area contributed by atoms with Crippen LogP contribution in [0.3, 0.4) is 0 Å². The molecular weight excluding hydrogens is 392 g/mol. The zero-order valence-electron chi connectivity index (χ0n) is 12.9. The van der Waals surface area contributed by atoms with E-state index in [1.165, 1.54) is 21.6 Å². The quantitative estimate of drug-likeness (QED) is 0.398. The summed E-state index contributed by atoms with van der Waals surface area (Å²) in [7, 11) is -2.03. The van der Waals surface area contributed by atoms with Crippen LogP contribution >= 0.6 is 21.6 Å². The number of pyridine rings is 1. The molecule has 12 heteroatoms. The second-order valence-electron chi connectivity index (χ2n) is 5.06. The molecule has 136 valence electrons. The average molecular weight is 406 g/mol. The zero-order chi connectivity index (χ0) is 18.6. The van der Waals surface area contributed by atoms with E-state index in [9.17, 15) is 22.8 Å². The first kappa shape index (κ1) is 19.7. The van der Waals surface area contributed by atoms with E-state index in [0.29, 0.717) is 0 Å². The molecule has 0 spiro atoms. The fraction of sp³-hybridized carbons (Fsp3) is 0.385. The monoisotopic (exact) mass is 406 g/mol. The lowest BCUT2D eigenvalue weighted by molar-refractivity contribution is -0.197. The van der Waals surface area contributed by atoms with Gasteiger partial charge in [-0.25, -0.2) is 9.78 Å². The maximum atomic E-state index is 11.8. The van der Waals surface area contributed by atoms with E-state index in [2.05, 4.69) is 9.82 Å². The first-order valence-corrected chi connectivity index (χ1v) is 10.7. The summed E-state index contributed by atoms with van der Waals surface area (Å²) in [6, 6.07) is 5.41. The van der Waals surface area contributed by atoms with Crippen molar-refractivity contribution >= 4 is 49.5 Å². The van der Waals surface area contributed by atoms with Crippen molar-refractivity contribution in [3.05, 3.63) is 24.4 Å². The van der Waals surface area contributed by atoms with Crippen molar-refractivity contribution in [3.63, 3.8) is 0 Å². The highest BCUT2D eigenvalue weighted by atomic mass is 33.1. The van der Waals surface area contributed by atoms with Crippen molar-refractivity contribution in [3.8, 4) is 0 Å². The van der Waals surface area contributed by atoms with Crippen LogP contribution in [0.4, 0.5) is 0 Å². The van der Waals surface area contributed by atoms with Gasteiger partial charge in [0.2, 0.25) is 0 Å². The number of hydrogen-bond acceptors (Lipinski definition) is 9. The Morgan fingerprint density at radius 2 is 2.20 bits per heavy atom. The first-order valence-electron chi connectivity index (χ1n) is 6.96. The zero-order valence-corrected chi connectivity index (χ0v) is 15.3. The summed E-state index contributed by atoms with van der Waals surface area (Å²) in [6.07, 6.45) is 0.765. The predicted octanol–water partition coefficient (Wildman–Crippen LogP) is 1.07. The van der Waals surface area contributed by atoms with Crippen LogP contribution in [0.25, 0.3) is 0 Å². The molecule has 2 atom stereocenters. The Bertz CT molecular complexity index is 769. The van der Waals surface area contributed by atoms with E-state index in [1.54, 1.807) is 25.3 Å². The van der Waals surface area contributed by atoms with Crippen molar-refractivity contribution in [2.75, 3.05) is 0 Å². The summed E-state index contributed by atoms with van der Waals surface area (Å²) in [5.41, 5.74) is 0. The van der Waals surface area contributed by atoms with E-state index in [0.717, 1.165) is 5.03 Å². The molecule has 2 amide bonds. The molecule has 1 N–H and O–H groups in total. The van der Waals surface area contributed by atoms with E-state index in [4.69, 9.17) is 4.55 Å². The highest BCUT2D eigenvalue weighted by Crippen LogP contribution is 2.34. The van der Waals surface area contributed by atoms with Crippen molar-refractivity contribution in [2.45, 2.75) is 35.3 Å². The normalized spacial score (nSPS) is 19.1. The molecule has 25 heavy (non-hydrogen) atoms. The van der Waals surface area contributed by atoms with Crippen LogP contribution in [0.15, 0.2) is 29.4 Å². The number of amides is 2. The van der Waals surface area contributed by atoms with Gasteiger partial charge in [0, 0.05) is 11.4 Å².